The normalized spacial score (nSPS) is 19.2. The molecule has 158 valence electrons. The van der Waals surface area contributed by atoms with Crippen molar-refractivity contribution in [1.82, 2.24) is 25.0 Å². The summed E-state index contributed by atoms with van der Waals surface area (Å²) in [5.41, 5.74) is 1.06. The predicted octanol–water partition coefficient (Wildman–Crippen LogP) is 3.46. The smallest absolute Gasteiger partial charge is 0.274 e. The maximum absolute atomic E-state index is 14.6. The van der Waals surface area contributed by atoms with Gasteiger partial charge in [-0.25, -0.2) is 13.8 Å². The molecule has 0 aromatic carbocycles. The van der Waals surface area contributed by atoms with Crippen LogP contribution in [0.15, 0.2) is 23.0 Å². The predicted molar refractivity (Wildman–Crippen MR) is 102 cm³/mol. The second kappa shape index (κ2) is 7.85. The van der Waals surface area contributed by atoms with Gasteiger partial charge in [-0.2, -0.15) is 4.98 Å². The Bertz CT molecular complexity index is 1080. The van der Waals surface area contributed by atoms with Crippen LogP contribution < -0.4 is 4.74 Å². The Labute approximate surface area is 171 Å². The van der Waals surface area contributed by atoms with Crippen LogP contribution in [0.5, 0.6) is 5.88 Å². The number of halogens is 2. The first-order valence-electron chi connectivity index (χ1n) is 9.57. The monoisotopic (exact) mass is 417 g/mol. The number of amides is 1. The molecular formula is C20H21F2N5O3. The summed E-state index contributed by atoms with van der Waals surface area (Å²) in [6.45, 7) is 3.99. The molecule has 8 nitrogen and oxygen atoms in total. The number of pyridine rings is 1. The third-order valence-electron chi connectivity index (χ3n) is 5.36. The first-order chi connectivity index (χ1) is 14.4. The van der Waals surface area contributed by atoms with Gasteiger partial charge >= 0.3 is 0 Å². The van der Waals surface area contributed by atoms with Crippen molar-refractivity contribution in [2.45, 2.75) is 38.6 Å². The van der Waals surface area contributed by atoms with Crippen LogP contribution in [-0.4, -0.2) is 50.6 Å². The van der Waals surface area contributed by atoms with Gasteiger partial charge in [0.25, 0.3) is 17.7 Å². The van der Waals surface area contributed by atoms with Crippen LogP contribution in [-0.2, 0) is 0 Å². The van der Waals surface area contributed by atoms with Crippen molar-refractivity contribution in [2.24, 2.45) is 0 Å². The number of hydrogen-bond donors (Lipinski definition) is 1. The highest BCUT2D eigenvalue weighted by atomic mass is 19.1. The standard InChI is InChI=1S/C20H21F2N5O3/c1-10-6-14(23-7-10)18-25-17(26-30-18)12-5-4-11(2)27(9-12)20(28)15-13(21)8-24-19(29-3)16(15)22/h6-8,11-12,23H,4-5,9H2,1-3H3. The summed E-state index contributed by atoms with van der Waals surface area (Å²) in [5, 5.41) is 4.06. The van der Waals surface area contributed by atoms with E-state index in [0.29, 0.717) is 23.8 Å². The number of rotatable bonds is 4. The van der Waals surface area contributed by atoms with Gasteiger partial charge in [0.2, 0.25) is 5.82 Å². The Morgan fingerprint density at radius 3 is 2.87 bits per heavy atom. The Morgan fingerprint density at radius 2 is 2.17 bits per heavy atom. The molecule has 0 aliphatic carbocycles. The lowest BCUT2D eigenvalue weighted by Gasteiger charge is -2.37. The van der Waals surface area contributed by atoms with Crippen LogP contribution in [0.3, 0.4) is 0 Å². The molecule has 1 saturated heterocycles. The number of aromatic amines is 1. The van der Waals surface area contributed by atoms with Crippen molar-refractivity contribution in [2.75, 3.05) is 13.7 Å². The lowest BCUT2D eigenvalue weighted by atomic mass is 9.92. The summed E-state index contributed by atoms with van der Waals surface area (Å²) in [6, 6.07) is 1.68. The van der Waals surface area contributed by atoms with Crippen molar-refractivity contribution < 1.29 is 22.8 Å². The molecule has 30 heavy (non-hydrogen) atoms. The number of carbonyl (C=O) groups excluding carboxylic acids is 1. The number of aryl methyl sites for hydroxylation is 1. The Hall–Kier alpha value is -3.30. The number of methoxy groups -OCH3 is 1. The molecule has 3 aromatic rings. The minimum absolute atomic E-state index is 0.205. The maximum atomic E-state index is 14.6. The van der Waals surface area contributed by atoms with Crippen LogP contribution in [0.1, 0.15) is 47.4 Å². The molecule has 2 atom stereocenters. The van der Waals surface area contributed by atoms with E-state index in [4.69, 9.17) is 9.26 Å². The van der Waals surface area contributed by atoms with Crippen LogP contribution in [0.4, 0.5) is 8.78 Å². The van der Waals surface area contributed by atoms with E-state index in [1.165, 1.54) is 12.0 Å². The van der Waals surface area contributed by atoms with E-state index in [1.54, 1.807) is 0 Å². The molecule has 1 aliphatic heterocycles. The molecule has 0 radical (unpaired) electrons. The van der Waals surface area contributed by atoms with Gasteiger partial charge in [0, 0.05) is 24.7 Å². The van der Waals surface area contributed by atoms with E-state index in [1.807, 2.05) is 26.1 Å². The molecule has 0 spiro atoms. The van der Waals surface area contributed by atoms with Crippen LogP contribution >= 0.6 is 0 Å². The zero-order valence-electron chi connectivity index (χ0n) is 16.8. The second-order valence-electron chi connectivity index (χ2n) is 7.43. The second-order valence-corrected chi connectivity index (χ2v) is 7.43. The van der Waals surface area contributed by atoms with Crippen molar-refractivity contribution >= 4 is 5.91 Å². The van der Waals surface area contributed by atoms with Crippen molar-refractivity contribution in [3.63, 3.8) is 0 Å². The summed E-state index contributed by atoms with van der Waals surface area (Å²) in [7, 11) is 1.20. The average molecular weight is 417 g/mol. The minimum atomic E-state index is -1.11. The molecular weight excluding hydrogens is 396 g/mol. The molecule has 4 rings (SSSR count). The van der Waals surface area contributed by atoms with Gasteiger partial charge in [0.05, 0.1) is 13.3 Å². The molecule has 4 heterocycles. The van der Waals surface area contributed by atoms with E-state index < -0.39 is 29.0 Å². The summed E-state index contributed by atoms with van der Waals surface area (Å²) >= 11 is 0. The summed E-state index contributed by atoms with van der Waals surface area (Å²) in [6.07, 6.45) is 3.96. The molecule has 3 aromatic heterocycles. The van der Waals surface area contributed by atoms with Gasteiger partial charge in [-0.3, -0.25) is 4.79 Å². The van der Waals surface area contributed by atoms with E-state index >= 15 is 0 Å². The highest BCUT2D eigenvalue weighted by Crippen LogP contribution is 2.32. The number of nitrogens with zero attached hydrogens (tertiary/aromatic N) is 4. The summed E-state index contributed by atoms with van der Waals surface area (Å²) < 4.78 is 39.0. The summed E-state index contributed by atoms with van der Waals surface area (Å²) in [4.78, 5) is 25.5. The maximum Gasteiger partial charge on any atom is 0.274 e. The largest absolute Gasteiger partial charge is 0.479 e. The topological polar surface area (TPSA) is 97.1 Å². The van der Waals surface area contributed by atoms with E-state index in [9.17, 15) is 13.6 Å². The molecule has 2 unspecified atom stereocenters. The van der Waals surface area contributed by atoms with E-state index in [-0.39, 0.29) is 18.5 Å². The highest BCUT2D eigenvalue weighted by Gasteiger charge is 2.35. The molecule has 1 amide bonds. The van der Waals surface area contributed by atoms with Gasteiger partial charge in [0.1, 0.15) is 11.3 Å². The zero-order valence-corrected chi connectivity index (χ0v) is 16.8. The number of carbonyl (C=O) groups is 1. The number of H-pyrrole nitrogens is 1. The molecule has 10 heteroatoms. The van der Waals surface area contributed by atoms with Gasteiger partial charge in [-0.15, -0.1) is 0 Å². The number of hydrogen-bond acceptors (Lipinski definition) is 6. The molecule has 1 N–H and O–H groups in total. The van der Waals surface area contributed by atoms with Gasteiger partial charge in [-0.05, 0) is 38.3 Å². The van der Waals surface area contributed by atoms with Crippen molar-refractivity contribution in [3.8, 4) is 17.5 Å². The quantitative estimate of drug-likeness (QED) is 0.698. The zero-order chi connectivity index (χ0) is 21.4. The Balaban J connectivity index is 1.59. The number of ether oxygens (including phenoxy) is 1. The van der Waals surface area contributed by atoms with Gasteiger partial charge < -0.3 is 19.1 Å². The fourth-order valence-electron chi connectivity index (χ4n) is 3.67. The minimum Gasteiger partial charge on any atom is -0.479 e. The van der Waals surface area contributed by atoms with Crippen LogP contribution in [0, 0.1) is 18.6 Å². The average Bonchev–Trinajstić information content (AvgIpc) is 3.37. The summed E-state index contributed by atoms with van der Waals surface area (Å²) in [5.74, 6) is -2.73. The lowest BCUT2D eigenvalue weighted by molar-refractivity contribution is 0.0593. The number of likely N-dealkylation sites (tertiary alicyclic amines) is 1. The van der Waals surface area contributed by atoms with E-state index in [0.717, 1.165) is 18.2 Å². The lowest BCUT2D eigenvalue weighted by Crippen LogP contribution is -2.45. The number of aromatic nitrogens is 4. The fourth-order valence-corrected chi connectivity index (χ4v) is 3.67. The van der Waals surface area contributed by atoms with Crippen molar-refractivity contribution in [1.29, 1.82) is 0 Å². The molecule has 0 bridgehead atoms. The number of nitrogens with one attached hydrogen (secondary N) is 1. The van der Waals surface area contributed by atoms with Crippen LogP contribution in [0.25, 0.3) is 11.6 Å². The van der Waals surface area contributed by atoms with E-state index in [2.05, 4.69) is 20.1 Å². The molecule has 1 fully saturated rings. The molecule has 1 aliphatic rings. The first-order valence-corrected chi connectivity index (χ1v) is 9.57. The van der Waals surface area contributed by atoms with Gasteiger partial charge in [-0.1, -0.05) is 5.16 Å². The first kappa shape index (κ1) is 20.0. The third-order valence-corrected chi connectivity index (χ3v) is 5.36. The Kier molecular flexibility index (Phi) is 5.23. The van der Waals surface area contributed by atoms with Crippen LogP contribution in [0.2, 0.25) is 0 Å². The fraction of sp³-hybridized carbons (Fsp3) is 0.400. The molecule has 0 saturated carbocycles. The highest BCUT2D eigenvalue weighted by molar-refractivity contribution is 5.95. The van der Waals surface area contributed by atoms with Gasteiger partial charge in [0.15, 0.2) is 11.6 Å². The SMILES string of the molecule is COc1ncc(F)c(C(=O)N2CC(c3noc(-c4cc(C)c[nH]4)n3)CCC2C)c1F. The van der Waals surface area contributed by atoms with Crippen molar-refractivity contribution in [3.05, 3.63) is 47.0 Å². The number of piperidine rings is 1. The third kappa shape index (κ3) is 3.53. The Morgan fingerprint density at radius 1 is 1.37 bits per heavy atom.